The summed E-state index contributed by atoms with van der Waals surface area (Å²) in [6.45, 7) is 2.80. The Labute approximate surface area is 95.0 Å². The molecule has 0 radical (unpaired) electrons. The first-order chi connectivity index (χ1) is 7.56. The average Bonchev–Trinajstić information content (AvgIpc) is 2.28. The van der Waals surface area contributed by atoms with Crippen LogP contribution in [0.5, 0.6) is 0 Å². The van der Waals surface area contributed by atoms with Crippen molar-refractivity contribution in [1.29, 1.82) is 0 Å². The van der Waals surface area contributed by atoms with Crippen molar-refractivity contribution < 1.29 is 9.18 Å². The van der Waals surface area contributed by atoms with Crippen molar-refractivity contribution in [2.24, 2.45) is 5.73 Å². The Morgan fingerprint density at radius 2 is 2.19 bits per heavy atom. The normalized spacial score (nSPS) is 10.2. The molecular formula is C12H17FN2O. The van der Waals surface area contributed by atoms with Crippen molar-refractivity contribution in [3.05, 3.63) is 35.1 Å². The van der Waals surface area contributed by atoms with Gasteiger partial charge in [-0.05, 0) is 37.6 Å². The molecule has 0 spiro atoms. The van der Waals surface area contributed by atoms with E-state index in [2.05, 4.69) is 0 Å². The molecule has 0 unspecified atom stereocenters. The number of nitrogens with two attached hydrogens (primary N) is 1. The van der Waals surface area contributed by atoms with Crippen LogP contribution in [0, 0.1) is 12.7 Å². The van der Waals surface area contributed by atoms with Crippen LogP contribution in [0.1, 0.15) is 22.3 Å². The smallest absolute Gasteiger partial charge is 0.253 e. The molecule has 16 heavy (non-hydrogen) atoms. The van der Waals surface area contributed by atoms with Gasteiger partial charge in [0.15, 0.2) is 0 Å². The molecule has 0 aliphatic carbocycles. The predicted molar refractivity (Wildman–Crippen MR) is 61.8 cm³/mol. The fraction of sp³-hybridized carbons (Fsp3) is 0.417. The molecule has 0 heterocycles. The zero-order valence-corrected chi connectivity index (χ0v) is 9.66. The van der Waals surface area contributed by atoms with E-state index in [0.717, 1.165) is 6.42 Å². The molecule has 2 N–H and O–H groups in total. The number of halogens is 1. The summed E-state index contributed by atoms with van der Waals surface area (Å²) in [5.74, 6) is -0.523. The molecule has 3 nitrogen and oxygen atoms in total. The SMILES string of the molecule is Cc1ccc(C(=O)N(C)CCCN)cc1F. The van der Waals surface area contributed by atoms with Gasteiger partial charge in [0, 0.05) is 19.2 Å². The molecule has 0 aliphatic rings. The molecule has 0 bridgehead atoms. The number of nitrogens with zero attached hydrogens (tertiary/aromatic N) is 1. The summed E-state index contributed by atoms with van der Waals surface area (Å²) in [6, 6.07) is 4.52. The van der Waals surface area contributed by atoms with E-state index in [0.29, 0.717) is 24.2 Å². The molecule has 1 rings (SSSR count). The lowest BCUT2D eigenvalue weighted by molar-refractivity contribution is 0.0794. The summed E-state index contributed by atoms with van der Waals surface area (Å²) >= 11 is 0. The third kappa shape index (κ3) is 3.03. The molecule has 1 amide bonds. The van der Waals surface area contributed by atoms with E-state index in [1.54, 1.807) is 31.0 Å². The van der Waals surface area contributed by atoms with Crippen molar-refractivity contribution in [2.45, 2.75) is 13.3 Å². The first-order valence-corrected chi connectivity index (χ1v) is 5.28. The van der Waals surface area contributed by atoms with Crippen molar-refractivity contribution >= 4 is 5.91 Å². The van der Waals surface area contributed by atoms with Crippen molar-refractivity contribution in [1.82, 2.24) is 4.90 Å². The van der Waals surface area contributed by atoms with Crippen LogP contribution in [-0.2, 0) is 0 Å². The first-order valence-electron chi connectivity index (χ1n) is 5.28. The molecule has 0 saturated carbocycles. The third-order valence-corrected chi connectivity index (χ3v) is 2.46. The summed E-state index contributed by atoms with van der Waals surface area (Å²) < 4.78 is 13.3. The topological polar surface area (TPSA) is 46.3 Å². The standard InChI is InChI=1S/C12H17FN2O/c1-9-4-5-10(8-11(9)13)12(16)15(2)7-3-6-14/h4-5,8H,3,6-7,14H2,1-2H3. The molecule has 0 atom stereocenters. The van der Waals surface area contributed by atoms with E-state index in [1.165, 1.54) is 6.07 Å². The Morgan fingerprint density at radius 3 is 2.75 bits per heavy atom. The fourth-order valence-electron chi connectivity index (χ4n) is 1.38. The van der Waals surface area contributed by atoms with E-state index >= 15 is 0 Å². The van der Waals surface area contributed by atoms with E-state index in [4.69, 9.17) is 5.73 Å². The highest BCUT2D eigenvalue weighted by Crippen LogP contribution is 2.11. The Balaban J connectivity index is 2.76. The minimum atomic E-state index is -0.349. The summed E-state index contributed by atoms with van der Waals surface area (Å²) in [6.07, 6.45) is 0.747. The van der Waals surface area contributed by atoms with Gasteiger partial charge in [-0.3, -0.25) is 4.79 Å². The average molecular weight is 224 g/mol. The maximum absolute atomic E-state index is 13.3. The second kappa shape index (κ2) is 5.61. The van der Waals surface area contributed by atoms with E-state index in [-0.39, 0.29) is 11.7 Å². The van der Waals surface area contributed by atoms with Crippen LogP contribution in [0.3, 0.4) is 0 Å². The van der Waals surface area contributed by atoms with Crippen LogP contribution in [0.15, 0.2) is 18.2 Å². The fourth-order valence-corrected chi connectivity index (χ4v) is 1.38. The maximum Gasteiger partial charge on any atom is 0.253 e. The number of hydrogen-bond acceptors (Lipinski definition) is 2. The predicted octanol–water partition coefficient (Wildman–Crippen LogP) is 1.55. The van der Waals surface area contributed by atoms with Crippen molar-refractivity contribution in [3.8, 4) is 0 Å². The largest absolute Gasteiger partial charge is 0.342 e. The number of carbonyl (C=O) groups is 1. The zero-order valence-electron chi connectivity index (χ0n) is 9.66. The summed E-state index contributed by atoms with van der Waals surface area (Å²) in [5.41, 5.74) is 6.28. The highest BCUT2D eigenvalue weighted by atomic mass is 19.1. The summed E-state index contributed by atoms with van der Waals surface area (Å²) in [4.78, 5) is 13.4. The minimum absolute atomic E-state index is 0.174. The number of carbonyl (C=O) groups excluding carboxylic acids is 1. The Hall–Kier alpha value is -1.42. The molecule has 0 aliphatic heterocycles. The van der Waals surface area contributed by atoms with Gasteiger partial charge in [0.1, 0.15) is 5.82 Å². The van der Waals surface area contributed by atoms with Gasteiger partial charge in [0.05, 0.1) is 0 Å². The van der Waals surface area contributed by atoms with Crippen LogP contribution in [0.4, 0.5) is 4.39 Å². The number of amides is 1. The van der Waals surface area contributed by atoms with Gasteiger partial charge >= 0.3 is 0 Å². The maximum atomic E-state index is 13.3. The van der Waals surface area contributed by atoms with Crippen LogP contribution >= 0.6 is 0 Å². The van der Waals surface area contributed by atoms with Gasteiger partial charge in [-0.15, -0.1) is 0 Å². The second-order valence-corrected chi connectivity index (χ2v) is 3.83. The van der Waals surface area contributed by atoms with Crippen molar-refractivity contribution in [3.63, 3.8) is 0 Å². The molecule has 0 saturated heterocycles. The van der Waals surface area contributed by atoms with Crippen molar-refractivity contribution in [2.75, 3.05) is 20.1 Å². The Morgan fingerprint density at radius 1 is 1.50 bits per heavy atom. The Bertz CT molecular complexity index is 379. The van der Waals surface area contributed by atoms with Gasteiger partial charge in [0.2, 0.25) is 0 Å². The van der Waals surface area contributed by atoms with E-state index in [1.807, 2.05) is 0 Å². The third-order valence-electron chi connectivity index (χ3n) is 2.46. The number of benzene rings is 1. The lowest BCUT2D eigenvalue weighted by atomic mass is 10.1. The molecule has 1 aromatic carbocycles. The van der Waals surface area contributed by atoms with Crippen LogP contribution in [-0.4, -0.2) is 30.9 Å². The lowest BCUT2D eigenvalue weighted by Gasteiger charge is -2.16. The highest BCUT2D eigenvalue weighted by Gasteiger charge is 2.12. The molecule has 88 valence electrons. The number of aryl methyl sites for hydroxylation is 1. The Kier molecular flexibility index (Phi) is 4.43. The van der Waals surface area contributed by atoms with Crippen LogP contribution in [0.25, 0.3) is 0 Å². The zero-order chi connectivity index (χ0) is 12.1. The molecule has 0 fully saturated rings. The number of rotatable bonds is 4. The minimum Gasteiger partial charge on any atom is -0.342 e. The molecular weight excluding hydrogens is 207 g/mol. The summed E-state index contributed by atoms with van der Waals surface area (Å²) in [5, 5.41) is 0. The number of hydrogen-bond donors (Lipinski definition) is 1. The quantitative estimate of drug-likeness (QED) is 0.843. The summed E-state index contributed by atoms with van der Waals surface area (Å²) in [7, 11) is 1.69. The van der Waals surface area contributed by atoms with Crippen LogP contribution in [0.2, 0.25) is 0 Å². The van der Waals surface area contributed by atoms with Gasteiger partial charge in [-0.25, -0.2) is 4.39 Å². The van der Waals surface area contributed by atoms with Gasteiger partial charge in [-0.2, -0.15) is 0 Å². The van der Waals surface area contributed by atoms with E-state index in [9.17, 15) is 9.18 Å². The molecule has 4 heteroatoms. The van der Waals surface area contributed by atoms with E-state index < -0.39 is 0 Å². The van der Waals surface area contributed by atoms with Gasteiger partial charge in [-0.1, -0.05) is 6.07 Å². The molecule has 0 aromatic heterocycles. The first kappa shape index (κ1) is 12.6. The lowest BCUT2D eigenvalue weighted by Crippen LogP contribution is -2.29. The second-order valence-electron chi connectivity index (χ2n) is 3.83. The van der Waals surface area contributed by atoms with Gasteiger partial charge in [0.25, 0.3) is 5.91 Å². The van der Waals surface area contributed by atoms with Gasteiger partial charge < -0.3 is 10.6 Å². The monoisotopic (exact) mass is 224 g/mol. The highest BCUT2D eigenvalue weighted by molar-refractivity contribution is 5.94. The van der Waals surface area contributed by atoms with Crippen LogP contribution < -0.4 is 5.73 Å². The molecule has 1 aromatic rings.